The van der Waals surface area contributed by atoms with Crippen LogP contribution in [-0.2, 0) is 45.1 Å². The second-order valence-corrected chi connectivity index (χ2v) is 11.6. The Morgan fingerprint density at radius 2 is 1.91 bits per heavy atom. The number of carbonyl (C=O) groups excluding carboxylic acids is 3. The summed E-state index contributed by atoms with van der Waals surface area (Å²) in [7, 11) is 0. The molecule has 2 N–H and O–H groups in total. The van der Waals surface area contributed by atoms with Gasteiger partial charge < -0.3 is 34.3 Å². The van der Waals surface area contributed by atoms with Gasteiger partial charge in [0.25, 0.3) is 0 Å². The number of piperidine rings is 1. The molecular weight excluding hydrogens is 574 g/mol. The third-order valence-corrected chi connectivity index (χ3v) is 8.36. The Bertz CT molecular complexity index is 1440. The van der Waals surface area contributed by atoms with E-state index in [-0.39, 0.29) is 49.9 Å². The maximum Gasteiger partial charge on any atom is 0.239 e. The number of carbonyl (C=O) groups is 3. The van der Waals surface area contributed by atoms with Crippen LogP contribution in [0.2, 0.25) is 0 Å². The zero-order valence-corrected chi connectivity index (χ0v) is 25.9. The third-order valence-electron chi connectivity index (χ3n) is 8.36. The number of nitrogens with one attached hydrogen (secondary N) is 1. The van der Waals surface area contributed by atoms with E-state index in [1.165, 1.54) is 4.90 Å². The minimum absolute atomic E-state index is 0.00502. The molecule has 6 rings (SSSR count). The summed E-state index contributed by atoms with van der Waals surface area (Å²) >= 11 is 0. The van der Waals surface area contributed by atoms with Crippen LogP contribution in [0, 0.1) is 0 Å². The lowest BCUT2D eigenvalue weighted by Gasteiger charge is -2.39. The summed E-state index contributed by atoms with van der Waals surface area (Å²) in [4.78, 5) is 47.5. The summed E-state index contributed by atoms with van der Waals surface area (Å²) in [5, 5.41) is 12.5. The van der Waals surface area contributed by atoms with E-state index in [0.717, 1.165) is 23.4 Å². The summed E-state index contributed by atoms with van der Waals surface area (Å²) in [6.07, 6.45) is 6.09. The Morgan fingerprint density at radius 3 is 2.71 bits per heavy atom. The first-order valence-corrected chi connectivity index (χ1v) is 15.8. The molecule has 3 amide bonds. The molecule has 0 saturated carbocycles. The Balaban J connectivity index is 1.33. The van der Waals surface area contributed by atoms with Crippen LogP contribution in [0.5, 0.6) is 11.5 Å². The van der Waals surface area contributed by atoms with Crippen LogP contribution in [0.25, 0.3) is 0 Å². The summed E-state index contributed by atoms with van der Waals surface area (Å²) in [5.74, 6) is 1.84. The van der Waals surface area contributed by atoms with Crippen LogP contribution in [0.3, 0.4) is 0 Å². The van der Waals surface area contributed by atoms with Gasteiger partial charge in [-0.3, -0.25) is 14.4 Å². The highest BCUT2D eigenvalue weighted by Crippen LogP contribution is 2.25. The number of imidazole rings is 1. The highest BCUT2D eigenvalue weighted by atomic mass is 16.5. The standard InChI is InChI=1S/C34H43N5O6/c1-2-31-35-15-19-37(31)18-14-34(43)39-17-13-30-29(22-39)36-32(41)23-38(16-4-20-40)33(42)12-9-25-7-10-27(11-8-25)45-28-6-3-5-26(21-28)24-44-30/h3,5-8,10-11,15,19,21,29-30,40H,2,4,9,12-14,16-18,20,22-24H2,1H3,(H,36,41)/t29-,30-/m0/s1. The van der Waals surface area contributed by atoms with Gasteiger partial charge >= 0.3 is 0 Å². The van der Waals surface area contributed by atoms with Crippen molar-refractivity contribution < 1.29 is 29.0 Å². The van der Waals surface area contributed by atoms with Gasteiger partial charge in [0.05, 0.1) is 25.3 Å². The number of hydrogen-bond acceptors (Lipinski definition) is 7. The Kier molecular flexibility index (Phi) is 11.2. The summed E-state index contributed by atoms with van der Waals surface area (Å²) in [5.41, 5.74) is 1.91. The average Bonchev–Trinajstić information content (AvgIpc) is 3.52. The second-order valence-electron chi connectivity index (χ2n) is 11.6. The van der Waals surface area contributed by atoms with Crippen molar-refractivity contribution in [1.82, 2.24) is 24.7 Å². The lowest BCUT2D eigenvalue weighted by atomic mass is 10.0. The zero-order valence-electron chi connectivity index (χ0n) is 25.9. The van der Waals surface area contributed by atoms with Crippen LogP contribution < -0.4 is 10.1 Å². The molecule has 2 atom stereocenters. The average molecular weight is 618 g/mol. The smallest absolute Gasteiger partial charge is 0.239 e. The largest absolute Gasteiger partial charge is 0.457 e. The second kappa shape index (κ2) is 15.7. The van der Waals surface area contributed by atoms with Crippen molar-refractivity contribution >= 4 is 17.7 Å². The molecule has 45 heavy (non-hydrogen) atoms. The predicted molar refractivity (Wildman–Crippen MR) is 167 cm³/mol. The van der Waals surface area contributed by atoms with Crippen LogP contribution in [0.4, 0.5) is 0 Å². The minimum Gasteiger partial charge on any atom is -0.457 e. The number of ether oxygens (including phenoxy) is 2. The van der Waals surface area contributed by atoms with Crippen LogP contribution in [0.15, 0.2) is 60.9 Å². The maximum absolute atomic E-state index is 13.4. The van der Waals surface area contributed by atoms with Gasteiger partial charge in [0.15, 0.2) is 0 Å². The summed E-state index contributed by atoms with van der Waals surface area (Å²) < 4.78 is 14.5. The molecule has 3 aromatic rings. The number of rotatable bonds is 7. The molecular formula is C34H43N5O6. The fraction of sp³-hybridized carbons (Fsp3) is 0.471. The van der Waals surface area contributed by atoms with E-state index in [1.54, 1.807) is 11.1 Å². The normalized spacial score (nSPS) is 19.6. The molecule has 11 nitrogen and oxygen atoms in total. The van der Waals surface area contributed by atoms with Crippen LogP contribution >= 0.6 is 0 Å². The molecule has 1 fully saturated rings. The molecule has 4 heterocycles. The van der Waals surface area contributed by atoms with E-state index in [9.17, 15) is 19.5 Å². The molecule has 1 saturated heterocycles. The van der Waals surface area contributed by atoms with Crippen molar-refractivity contribution in [2.75, 3.05) is 32.8 Å². The number of amides is 3. The number of aromatic nitrogens is 2. The fourth-order valence-electron chi connectivity index (χ4n) is 5.88. The number of aliphatic hydroxyl groups excluding tert-OH is 1. The van der Waals surface area contributed by atoms with Gasteiger partial charge in [-0.2, -0.15) is 0 Å². The number of aliphatic hydroxyl groups is 1. The molecule has 4 bridgehead atoms. The number of benzene rings is 2. The Labute approximate surface area is 264 Å². The number of hydrogen-bond donors (Lipinski definition) is 2. The Morgan fingerprint density at radius 1 is 1.07 bits per heavy atom. The van der Waals surface area contributed by atoms with Gasteiger partial charge in [0.2, 0.25) is 17.7 Å². The first-order valence-electron chi connectivity index (χ1n) is 15.8. The van der Waals surface area contributed by atoms with Crippen LogP contribution in [0.1, 0.15) is 49.6 Å². The van der Waals surface area contributed by atoms with Crippen molar-refractivity contribution in [2.24, 2.45) is 0 Å². The molecule has 3 aliphatic heterocycles. The Hall–Kier alpha value is -4.22. The molecule has 3 aliphatic rings. The quantitative estimate of drug-likeness (QED) is 0.417. The van der Waals surface area contributed by atoms with Crippen LogP contribution in [-0.4, -0.2) is 87.1 Å². The predicted octanol–water partition coefficient (Wildman–Crippen LogP) is 3.09. The number of likely N-dealkylation sites (tertiary alicyclic amines) is 1. The van der Waals surface area contributed by atoms with Crippen molar-refractivity contribution in [2.45, 2.75) is 70.7 Å². The van der Waals surface area contributed by atoms with Crippen molar-refractivity contribution in [3.63, 3.8) is 0 Å². The molecule has 0 radical (unpaired) electrons. The van der Waals surface area contributed by atoms with Gasteiger partial charge in [-0.1, -0.05) is 31.2 Å². The molecule has 11 heteroatoms. The molecule has 2 aromatic carbocycles. The zero-order chi connectivity index (χ0) is 31.6. The number of fused-ring (bicyclic) bond motifs is 9. The van der Waals surface area contributed by atoms with Crippen molar-refractivity contribution in [3.05, 3.63) is 77.9 Å². The van der Waals surface area contributed by atoms with E-state index in [0.29, 0.717) is 63.4 Å². The fourth-order valence-corrected chi connectivity index (χ4v) is 5.88. The summed E-state index contributed by atoms with van der Waals surface area (Å²) in [6, 6.07) is 14.9. The highest BCUT2D eigenvalue weighted by molar-refractivity contribution is 5.85. The van der Waals surface area contributed by atoms with E-state index >= 15 is 0 Å². The van der Waals surface area contributed by atoms with Gasteiger partial charge in [-0.25, -0.2) is 4.98 Å². The lowest BCUT2D eigenvalue weighted by Crippen LogP contribution is -2.58. The van der Waals surface area contributed by atoms with Gasteiger partial charge in [-0.15, -0.1) is 0 Å². The molecule has 0 unspecified atom stereocenters. The van der Waals surface area contributed by atoms with Gasteiger partial charge in [0.1, 0.15) is 17.3 Å². The van der Waals surface area contributed by atoms with Crippen molar-refractivity contribution in [1.29, 1.82) is 0 Å². The third kappa shape index (κ3) is 8.92. The maximum atomic E-state index is 13.4. The minimum atomic E-state index is -0.457. The monoisotopic (exact) mass is 617 g/mol. The van der Waals surface area contributed by atoms with Gasteiger partial charge in [-0.05, 0) is 54.7 Å². The molecule has 1 aromatic heterocycles. The van der Waals surface area contributed by atoms with E-state index in [4.69, 9.17) is 9.47 Å². The van der Waals surface area contributed by atoms with Gasteiger partial charge in [0, 0.05) is 64.4 Å². The SMILES string of the molecule is CCc1nccn1CCC(=O)N1CC[C@@H]2OCc3cccc(c3)Oc3ccc(cc3)CCC(=O)N(CCCO)CC(=O)N[C@H]2C1. The molecule has 240 valence electrons. The van der Waals surface area contributed by atoms with Crippen molar-refractivity contribution in [3.8, 4) is 11.5 Å². The van der Waals surface area contributed by atoms with E-state index < -0.39 is 6.04 Å². The highest BCUT2D eigenvalue weighted by Gasteiger charge is 2.34. The first kappa shape index (κ1) is 32.2. The number of nitrogens with zero attached hydrogens (tertiary/aromatic N) is 4. The van der Waals surface area contributed by atoms with E-state index in [2.05, 4.69) is 10.3 Å². The number of aryl methyl sites for hydroxylation is 3. The molecule has 0 spiro atoms. The van der Waals surface area contributed by atoms with E-state index in [1.807, 2.05) is 66.2 Å². The lowest BCUT2D eigenvalue weighted by molar-refractivity contribution is -0.139. The molecule has 0 aliphatic carbocycles. The summed E-state index contributed by atoms with van der Waals surface area (Å²) in [6.45, 7) is 3.76. The first-order chi connectivity index (χ1) is 21.9. The topological polar surface area (TPSA) is 126 Å².